The first-order valence-corrected chi connectivity index (χ1v) is 12.0. The van der Waals surface area contributed by atoms with Gasteiger partial charge in [0.25, 0.3) is 5.91 Å². The van der Waals surface area contributed by atoms with Crippen molar-refractivity contribution in [3.8, 4) is 40.2 Å². The van der Waals surface area contributed by atoms with E-state index in [0.717, 1.165) is 5.56 Å². The first kappa shape index (κ1) is 25.7. The average molecular weight is 507 g/mol. The molecular weight excluding hydrogens is 476 g/mol. The van der Waals surface area contributed by atoms with Gasteiger partial charge in [-0.25, -0.2) is 4.98 Å². The number of aromatic nitrogens is 1. The largest absolute Gasteiger partial charge is 0.493 e. The fourth-order valence-corrected chi connectivity index (χ4v) is 3.82. The normalized spacial score (nSPS) is 10.7. The number of fused-ring (bicyclic) bond motifs is 1. The van der Waals surface area contributed by atoms with E-state index in [1.165, 1.54) is 0 Å². The number of methoxy groups -OCH3 is 2. The summed E-state index contributed by atoms with van der Waals surface area (Å²) in [6, 6.07) is 14.0. The Balaban J connectivity index is 1.61. The van der Waals surface area contributed by atoms with Gasteiger partial charge in [0, 0.05) is 16.8 Å². The van der Waals surface area contributed by atoms with Crippen LogP contribution in [0.5, 0.6) is 28.7 Å². The summed E-state index contributed by atoms with van der Waals surface area (Å²) >= 11 is 0. The van der Waals surface area contributed by atoms with Crippen LogP contribution < -0.4 is 29.0 Å². The van der Waals surface area contributed by atoms with E-state index in [-0.39, 0.29) is 5.91 Å². The molecule has 0 aliphatic carbocycles. The van der Waals surface area contributed by atoms with Gasteiger partial charge in [-0.15, -0.1) is 0 Å². The fourth-order valence-electron chi connectivity index (χ4n) is 3.82. The number of nitrogens with zero attached hydrogens (tertiary/aromatic N) is 1. The van der Waals surface area contributed by atoms with Crippen LogP contribution in [0.2, 0.25) is 0 Å². The molecule has 0 radical (unpaired) electrons. The molecule has 0 saturated carbocycles. The highest BCUT2D eigenvalue weighted by molar-refractivity contribution is 6.05. The van der Waals surface area contributed by atoms with E-state index in [4.69, 9.17) is 28.1 Å². The Morgan fingerprint density at radius 2 is 1.49 bits per heavy atom. The van der Waals surface area contributed by atoms with Gasteiger partial charge in [-0.2, -0.15) is 0 Å². The molecule has 1 amide bonds. The van der Waals surface area contributed by atoms with E-state index < -0.39 is 0 Å². The third kappa shape index (κ3) is 5.55. The molecule has 9 nitrogen and oxygen atoms in total. The summed E-state index contributed by atoms with van der Waals surface area (Å²) in [6.45, 7) is 6.89. The van der Waals surface area contributed by atoms with Gasteiger partial charge in [0.1, 0.15) is 5.52 Å². The van der Waals surface area contributed by atoms with E-state index in [9.17, 15) is 4.79 Å². The predicted octanol–water partition coefficient (Wildman–Crippen LogP) is 5.96. The summed E-state index contributed by atoms with van der Waals surface area (Å²) < 4.78 is 33.8. The molecule has 0 aliphatic rings. The smallest absolute Gasteiger partial charge is 0.255 e. The van der Waals surface area contributed by atoms with Crippen molar-refractivity contribution in [2.45, 2.75) is 20.8 Å². The number of amides is 1. The molecule has 4 aromatic rings. The van der Waals surface area contributed by atoms with Crippen molar-refractivity contribution in [3.05, 3.63) is 54.1 Å². The lowest BCUT2D eigenvalue weighted by molar-refractivity contribution is 0.102. The number of oxazole rings is 1. The summed E-state index contributed by atoms with van der Waals surface area (Å²) in [6.07, 6.45) is 0. The van der Waals surface area contributed by atoms with Crippen LogP contribution in [0.3, 0.4) is 0 Å². The quantitative estimate of drug-likeness (QED) is 0.266. The Morgan fingerprint density at radius 1 is 0.811 bits per heavy atom. The van der Waals surface area contributed by atoms with Crippen molar-refractivity contribution in [1.82, 2.24) is 4.98 Å². The molecule has 0 bridgehead atoms. The zero-order valence-corrected chi connectivity index (χ0v) is 21.5. The molecule has 0 saturated heterocycles. The van der Waals surface area contributed by atoms with Gasteiger partial charge >= 0.3 is 0 Å². The molecule has 0 unspecified atom stereocenters. The highest BCUT2D eigenvalue weighted by Crippen LogP contribution is 2.39. The zero-order valence-electron chi connectivity index (χ0n) is 21.5. The van der Waals surface area contributed by atoms with Crippen LogP contribution >= 0.6 is 0 Å². The van der Waals surface area contributed by atoms with E-state index in [1.807, 2.05) is 26.8 Å². The maximum Gasteiger partial charge on any atom is 0.255 e. The van der Waals surface area contributed by atoms with Crippen molar-refractivity contribution in [2.24, 2.45) is 0 Å². The Morgan fingerprint density at radius 3 is 2.11 bits per heavy atom. The Hall–Kier alpha value is -4.40. The van der Waals surface area contributed by atoms with Crippen LogP contribution in [0.1, 0.15) is 31.1 Å². The minimum absolute atomic E-state index is 0.326. The lowest BCUT2D eigenvalue weighted by Gasteiger charge is -2.17. The second-order valence-corrected chi connectivity index (χ2v) is 7.83. The summed E-state index contributed by atoms with van der Waals surface area (Å²) in [5.41, 5.74) is 2.86. The number of carbonyl (C=O) groups is 1. The third-order valence-electron chi connectivity index (χ3n) is 5.45. The molecule has 3 aromatic carbocycles. The minimum Gasteiger partial charge on any atom is -0.493 e. The lowest BCUT2D eigenvalue weighted by Crippen LogP contribution is -2.13. The summed E-state index contributed by atoms with van der Waals surface area (Å²) in [4.78, 5) is 17.7. The Bertz CT molecular complexity index is 1370. The van der Waals surface area contributed by atoms with Crippen LogP contribution in [-0.4, -0.2) is 44.9 Å². The minimum atomic E-state index is -0.326. The van der Waals surface area contributed by atoms with Crippen LogP contribution in [0.15, 0.2) is 52.9 Å². The monoisotopic (exact) mass is 506 g/mol. The van der Waals surface area contributed by atoms with Crippen molar-refractivity contribution >= 4 is 22.7 Å². The van der Waals surface area contributed by atoms with Crippen LogP contribution in [0.4, 0.5) is 5.69 Å². The highest BCUT2D eigenvalue weighted by atomic mass is 16.5. The maximum atomic E-state index is 13.2. The van der Waals surface area contributed by atoms with Crippen LogP contribution in [0.25, 0.3) is 22.6 Å². The number of carbonyl (C=O) groups excluding carboxylic acids is 1. The standard InChI is InChI=1S/C28H30N2O7/c1-6-34-24-14-18(15-25(35-7-2)26(24)36-8-3)27(31)29-19-10-12-21-20(16-19)30-28(37-21)17-9-11-22(32-4)23(13-17)33-5/h9-16H,6-8H2,1-5H3,(H,29,31). The molecule has 194 valence electrons. The zero-order chi connectivity index (χ0) is 26.4. The Kier molecular flexibility index (Phi) is 8.02. The number of rotatable bonds is 11. The van der Waals surface area contributed by atoms with Crippen LogP contribution in [0, 0.1) is 0 Å². The number of nitrogens with one attached hydrogen (secondary N) is 1. The molecule has 1 N–H and O–H groups in total. The molecular formula is C28H30N2O7. The van der Waals surface area contributed by atoms with Gasteiger partial charge in [-0.05, 0) is 69.3 Å². The van der Waals surface area contributed by atoms with Gasteiger partial charge in [-0.1, -0.05) is 0 Å². The van der Waals surface area contributed by atoms with E-state index in [1.54, 1.807) is 56.7 Å². The molecule has 37 heavy (non-hydrogen) atoms. The molecule has 0 atom stereocenters. The first-order valence-electron chi connectivity index (χ1n) is 12.0. The summed E-state index contributed by atoms with van der Waals surface area (Å²) in [5.74, 6) is 2.67. The third-order valence-corrected chi connectivity index (χ3v) is 5.45. The second kappa shape index (κ2) is 11.6. The summed E-state index contributed by atoms with van der Waals surface area (Å²) in [5, 5.41) is 2.91. The van der Waals surface area contributed by atoms with Crippen molar-refractivity contribution in [2.75, 3.05) is 39.4 Å². The number of anilines is 1. The highest BCUT2D eigenvalue weighted by Gasteiger charge is 2.19. The molecule has 1 aromatic heterocycles. The molecule has 0 spiro atoms. The molecule has 4 rings (SSSR count). The van der Waals surface area contributed by atoms with E-state index in [2.05, 4.69) is 10.3 Å². The van der Waals surface area contributed by atoms with Crippen LogP contribution in [-0.2, 0) is 0 Å². The number of hydrogen-bond acceptors (Lipinski definition) is 8. The average Bonchev–Trinajstić information content (AvgIpc) is 3.33. The van der Waals surface area contributed by atoms with Gasteiger partial charge in [0.2, 0.25) is 11.6 Å². The summed E-state index contributed by atoms with van der Waals surface area (Å²) in [7, 11) is 3.15. The van der Waals surface area contributed by atoms with Crippen molar-refractivity contribution < 1.29 is 32.9 Å². The lowest BCUT2D eigenvalue weighted by atomic mass is 10.1. The van der Waals surface area contributed by atoms with Gasteiger partial charge in [0.15, 0.2) is 28.6 Å². The molecule has 9 heteroatoms. The number of benzene rings is 3. The molecule has 0 aliphatic heterocycles. The first-order chi connectivity index (χ1) is 18.0. The number of hydrogen-bond donors (Lipinski definition) is 1. The van der Waals surface area contributed by atoms with Crippen molar-refractivity contribution in [1.29, 1.82) is 0 Å². The van der Waals surface area contributed by atoms with Gasteiger partial charge in [-0.3, -0.25) is 4.79 Å². The predicted molar refractivity (Wildman–Crippen MR) is 140 cm³/mol. The molecule has 1 heterocycles. The Labute approximate surface area is 215 Å². The SMILES string of the molecule is CCOc1cc(C(=O)Nc2ccc3oc(-c4ccc(OC)c(OC)c4)nc3c2)cc(OCC)c1OCC. The fraction of sp³-hybridized carbons (Fsp3) is 0.286. The van der Waals surface area contributed by atoms with E-state index in [0.29, 0.717) is 76.8 Å². The van der Waals surface area contributed by atoms with Crippen molar-refractivity contribution in [3.63, 3.8) is 0 Å². The number of ether oxygens (including phenoxy) is 5. The topological polar surface area (TPSA) is 101 Å². The maximum absolute atomic E-state index is 13.2. The second-order valence-electron chi connectivity index (χ2n) is 7.83. The van der Waals surface area contributed by atoms with Gasteiger partial charge < -0.3 is 33.4 Å². The van der Waals surface area contributed by atoms with Gasteiger partial charge in [0.05, 0.1) is 34.0 Å². The van der Waals surface area contributed by atoms with E-state index >= 15 is 0 Å². The molecule has 0 fully saturated rings.